The largest absolute Gasteiger partial charge is 0.480 e. The summed E-state index contributed by atoms with van der Waals surface area (Å²) in [5.74, 6) is -1.76. The fraction of sp³-hybridized carbons (Fsp3) is 0.438. The molecule has 0 aliphatic carbocycles. The number of fused-ring (bicyclic) bond motifs is 1. The second-order valence-electron chi connectivity index (χ2n) is 5.74. The normalized spacial score (nSPS) is 13.7. The molecule has 0 saturated heterocycles. The zero-order valence-electron chi connectivity index (χ0n) is 13.3. The van der Waals surface area contributed by atoms with Crippen LogP contribution in [0.1, 0.15) is 28.8 Å². The summed E-state index contributed by atoms with van der Waals surface area (Å²) in [4.78, 5) is 36.5. The van der Waals surface area contributed by atoms with Crippen LogP contribution in [0.3, 0.4) is 0 Å². The number of carboxylic acids is 1. The van der Waals surface area contributed by atoms with E-state index < -0.39 is 17.9 Å². The molecule has 0 aromatic heterocycles. The van der Waals surface area contributed by atoms with Crippen LogP contribution in [0.2, 0.25) is 0 Å². The molecule has 0 spiro atoms. The first-order valence-electron chi connectivity index (χ1n) is 7.49. The van der Waals surface area contributed by atoms with Crippen molar-refractivity contribution in [1.29, 1.82) is 0 Å². The summed E-state index contributed by atoms with van der Waals surface area (Å²) < 4.78 is 0. The van der Waals surface area contributed by atoms with Gasteiger partial charge in [0, 0.05) is 38.3 Å². The summed E-state index contributed by atoms with van der Waals surface area (Å²) in [7, 11) is 3.21. The molecule has 0 fully saturated rings. The molecule has 7 heteroatoms. The Kier molecular flexibility index (Phi) is 5.20. The van der Waals surface area contributed by atoms with Gasteiger partial charge in [-0.3, -0.25) is 9.59 Å². The van der Waals surface area contributed by atoms with Crippen LogP contribution in [0, 0.1) is 0 Å². The van der Waals surface area contributed by atoms with Crippen LogP contribution in [-0.4, -0.2) is 54.5 Å². The van der Waals surface area contributed by atoms with Gasteiger partial charge in [0.2, 0.25) is 5.91 Å². The van der Waals surface area contributed by atoms with Crippen molar-refractivity contribution in [3.8, 4) is 0 Å². The quantitative estimate of drug-likeness (QED) is 0.717. The Morgan fingerprint density at radius 2 is 2.09 bits per heavy atom. The summed E-state index contributed by atoms with van der Waals surface area (Å²) in [5.41, 5.74) is 2.48. The van der Waals surface area contributed by atoms with Crippen molar-refractivity contribution < 1.29 is 19.5 Å². The minimum atomic E-state index is -1.15. The lowest BCUT2D eigenvalue weighted by Gasteiger charge is -2.16. The Labute approximate surface area is 134 Å². The van der Waals surface area contributed by atoms with Gasteiger partial charge in [0.05, 0.1) is 0 Å². The summed E-state index contributed by atoms with van der Waals surface area (Å²) >= 11 is 0. The molecule has 1 aromatic carbocycles. The predicted molar refractivity (Wildman–Crippen MR) is 85.5 cm³/mol. The topological polar surface area (TPSA) is 98.7 Å². The van der Waals surface area contributed by atoms with E-state index in [1.54, 1.807) is 26.2 Å². The number of carbonyl (C=O) groups is 3. The third-order valence-electron chi connectivity index (χ3n) is 3.83. The van der Waals surface area contributed by atoms with Crippen LogP contribution in [0.4, 0.5) is 5.69 Å². The number of hydrogen-bond acceptors (Lipinski definition) is 4. The summed E-state index contributed by atoms with van der Waals surface area (Å²) in [6, 6.07) is 4.17. The van der Waals surface area contributed by atoms with Gasteiger partial charge in [-0.15, -0.1) is 0 Å². The Morgan fingerprint density at radius 3 is 2.74 bits per heavy atom. The fourth-order valence-electron chi connectivity index (χ4n) is 2.44. The summed E-state index contributed by atoms with van der Waals surface area (Å²) in [6.07, 6.45) is 0.971. The van der Waals surface area contributed by atoms with Gasteiger partial charge in [0.25, 0.3) is 5.91 Å². The standard InChI is InChI=1S/C16H21N3O4/c1-19(2)14(20)6-5-13(16(22)23)18-15(21)11-3-4-12-10(9-11)7-8-17-12/h3-4,9,13,17H,5-8H2,1-2H3,(H,18,21)(H,22,23)/t13-/m0/s1. The molecule has 1 aliphatic rings. The highest BCUT2D eigenvalue weighted by molar-refractivity contribution is 5.97. The third-order valence-corrected chi connectivity index (χ3v) is 3.83. The molecule has 7 nitrogen and oxygen atoms in total. The first-order valence-corrected chi connectivity index (χ1v) is 7.49. The lowest BCUT2D eigenvalue weighted by Crippen LogP contribution is -2.41. The van der Waals surface area contributed by atoms with Gasteiger partial charge < -0.3 is 20.6 Å². The van der Waals surface area contributed by atoms with Crippen LogP contribution in [-0.2, 0) is 16.0 Å². The zero-order chi connectivity index (χ0) is 17.0. The Morgan fingerprint density at radius 1 is 1.35 bits per heavy atom. The first-order chi connectivity index (χ1) is 10.9. The zero-order valence-corrected chi connectivity index (χ0v) is 13.3. The van der Waals surface area contributed by atoms with Gasteiger partial charge in [0.15, 0.2) is 0 Å². The molecule has 1 aliphatic heterocycles. The number of carbonyl (C=O) groups excluding carboxylic acids is 2. The number of carboxylic acid groups (broad SMARTS) is 1. The molecular weight excluding hydrogens is 298 g/mol. The lowest BCUT2D eigenvalue weighted by atomic mass is 10.1. The number of amides is 2. The fourth-order valence-corrected chi connectivity index (χ4v) is 2.44. The number of nitrogens with one attached hydrogen (secondary N) is 2. The van der Waals surface area contributed by atoms with Crippen molar-refractivity contribution >= 4 is 23.5 Å². The van der Waals surface area contributed by atoms with Crippen LogP contribution in [0.25, 0.3) is 0 Å². The van der Waals surface area contributed by atoms with Crippen molar-refractivity contribution in [2.24, 2.45) is 0 Å². The van der Waals surface area contributed by atoms with Crippen LogP contribution < -0.4 is 10.6 Å². The van der Waals surface area contributed by atoms with Gasteiger partial charge in [-0.2, -0.15) is 0 Å². The number of hydrogen-bond donors (Lipinski definition) is 3. The molecule has 1 atom stereocenters. The molecule has 0 unspecified atom stereocenters. The van der Waals surface area contributed by atoms with E-state index in [0.29, 0.717) is 5.56 Å². The van der Waals surface area contributed by atoms with E-state index in [9.17, 15) is 19.5 Å². The lowest BCUT2D eigenvalue weighted by molar-refractivity contribution is -0.139. The minimum Gasteiger partial charge on any atom is -0.480 e. The molecule has 2 rings (SSSR count). The molecular formula is C16H21N3O4. The smallest absolute Gasteiger partial charge is 0.326 e. The molecule has 2 amide bonds. The van der Waals surface area contributed by atoms with Gasteiger partial charge in [-0.05, 0) is 36.6 Å². The summed E-state index contributed by atoms with van der Waals surface area (Å²) in [5, 5.41) is 14.9. The van der Waals surface area contributed by atoms with Gasteiger partial charge in [-0.25, -0.2) is 4.79 Å². The molecule has 0 bridgehead atoms. The average molecular weight is 319 g/mol. The number of aliphatic carboxylic acids is 1. The summed E-state index contributed by atoms with van der Waals surface area (Å²) in [6.45, 7) is 0.838. The van der Waals surface area contributed by atoms with E-state index in [0.717, 1.165) is 24.2 Å². The van der Waals surface area contributed by atoms with Gasteiger partial charge in [0.1, 0.15) is 6.04 Å². The third kappa shape index (κ3) is 4.21. The maximum atomic E-state index is 12.2. The number of anilines is 1. The highest BCUT2D eigenvalue weighted by Crippen LogP contribution is 2.23. The molecule has 3 N–H and O–H groups in total. The molecule has 23 heavy (non-hydrogen) atoms. The van der Waals surface area contributed by atoms with Crippen LogP contribution >= 0.6 is 0 Å². The van der Waals surface area contributed by atoms with Crippen molar-refractivity contribution in [1.82, 2.24) is 10.2 Å². The highest BCUT2D eigenvalue weighted by Gasteiger charge is 2.23. The van der Waals surface area contributed by atoms with Gasteiger partial charge >= 0.3 is 5.97 Å². The number of benzene rings is 1. The second-order valence-corrected chi connectivity index (χ2v) is 5.74. The van der Waals surface area contributed by atoms with Crippen molar-refractivity contribution in [3.05, 3.63) is 29.3 Å². The highest BCUT2D eigenvalue weighted by atomic mass is 16.4. The van der Waals surface area contributed by atoms with E-state index in [1.807, 2.05) is 6.07 Å². The Bertz CT molecular complexity index is 628. The Hall–Kier alpha value is -2.57. The van der Waals surface area contributed by atoms with E-state index in [1.165, 1.54) is 4.90 Å². The van der Waals surface area contributed by atoms with E-state index in [4.69, 9.17) is 0 Å². The van der Waals surface area contributed by atoms with Crippen molar-refractivity contribution in [3.63, 3.8) is 0 Å². The maximum Gasteiger partial charge on any atom is 0.326 e. The second kappa shape index (κ2) is 7.13. The van der Waals surface area contributed by atoms with Crippen LogP contribution in [0.15, 0.2) is 18.2 Å². The van der Waals surface area contributed by atoms with E-state index in [2.05, 4.69) is 10.6 Å². The number of nitrogens with zero attached hydrogens (tertiary/aromatic N) is 1. The average Bonchev–Trinajstić information content (AvgIpc) is 2.97. The van der Waals surface area contributed by atoms with Crippen LogP contribution in [0.5, 0.6) is 0 Å². The molecule has 124 valence electrons. The molecule has 1 heterocycles. The number of rotatable bonds is 6. The SMILES string of the molecule is CN(C)C(=O)CC[C@H](NC(=O)c1ccc2c(c1)CCN2)C(=O)O. The predicted octanol–water partition coefficient (Wildman–Crippen LogP) is 0.706. The van der Waals surface area contributed by atoms with Crippen molar-refractivity contribution in [2.45, 2.75) is 25.3 Å². The van der Waals surface area contributed by atoms with E-state index in [-0.39, 0.29) is 18.7 Å². The van der Waals surface area contributed by atoms with E-state index >= 15 is 0 Å². The van der Waals surface area contributed by atoms with Gasteiger partial charge in [-0.1, -0.05) is 0 Å². The maximum absolute atomic E-state index is 12.2. The molecule has 0 radical (unpaired) electrons. The van der Waals surface area contributed by atoms with Crippen molar-refractivity contribution in [2.75, 3.05) is 26.0 Å². The molecule has 0 saturated carbocycles. The molecule has 1 aromatic rings. The minimum absolute atomic E-state index is 0.0601. The Balaban J connectivity index is 2.00. The first kappa shape index (κ1) is 16.8. The monoisotopic (exact) mass is 319 g/mol.